The first-order valence-corrected chi connectivity index (χ1v) is 11.4. The van der Waals surface area contributed by atoms with Gasteiger partial charge in [-0.2, -0.15) is 0 Å². The molecule has 0 saturated heterocycles. The Kier molecular flexibility index (Phi) is 3.78. The Morgan fingerprint density at radius 2 is 0.722 bits per heavy atom. The number of benzene rings is 3. The van der Waals surface area contributed by atoms with Crippen LogP contribution in [0.2, 0.25) is 0 Å². The molecule has 0 aromatic heterocycles. The summed E-state index contributed by atoms with van der Waals surface area (Å²) in [5.41, 5.74) is 1.81. The minimum atomic E-state index is 0.524. The molecule has 0 radical (unpaired) electrons. The standard InChI is InChI=1S/C28H14N8/c1-2-4-16-12-18-14-20-19(13-17(18)11-15(16)3-1)27-34-25-9-7-23(32-25)30-21-5-6-22(29-21)31-24-8-10-26(33-24)35-28(20)36-27/h1-14H. The molecule has 5 aliphatic heterocycles. The molecule has 3 aromatic carbocycles. The lowest BCUT2D eigenvalue weighted by Crippen LogP contribution is -2.00. The quantitative estimate of drug-likeness (QED) is 0.436. The average Bonchev–Trinajstić information content (AvgIpc) is 3.67. The SMILES string of the molecule is C1=CC2=NC3=NC(=NC4=NC(=NC5=NC(=NC1=N2)C=C5)c1cc2cc5ccccc5cc2cc14)C=C3. The summed E-state index contributed by atoms with van der Waals surface area (Å²) in [5.74, 6) is 4.26. The highest BCUT2D eigenvalue weighted by Crippen LogP contribution is 2.30. The van der Waals surface area contributed by atoms with Crippen LogP contribution in [0.15, 0.2) is 125 Å². The van der Waals surface area contributed by atoms with Crippen LogP contribution in [0.3, 0.4) is 0 Å². The molecule has 5 heterocycles. The van der Waals surface area contributed by atoms with Crippen LogP contribution in [-0.2, 0) is 0 Å². The van der Waals surface area contributed by atoms with Gasteiger partial charge in [0.2, 0.25) is 0 Å². The number of fused-ring (bicyclic) bond motifs is 9. The molecule has 0 saturated carbocycles. The smallest absolute Gasteiger partial charge is 0.164 e. The third-order valence-corrected chi connectivity index (χ3v) is 6.27. The van der Waals surface area contributed by atoms with Gasteiger partial charge in [-0.1, -0.05) is 24.3 Å². The minimum absolute atomic E-state index is 0.524. The molecule has 0 aliphatic carbocycles. The lowest BCUT2D eigenvalue weighted by molar-refractivity contribution is 1.50. The van der Waals surface area contributed by atoms with Crippen LogP contribution in [0.4, 0.5) is 0 Å². The van der Waals surface area contributed by atoms with E-state index in [9.17, 15) is 0 Å². The van der Waals surface area contributed by atoms with Crippen molar-refractivity contribution in [2.75, 3.05) is 0 Å². The Balaban J connectivity index is 1.36. The van der Waals surface area contributed by atoms with Gasteiger partial charge in [0.05, 0.1) is 0 Å². The van der Waals surface area contributed by atoms with Crippen LogP contribution < -0.4 is 0 Å². The maximum absolute atomic E-state index is 4.80. The highest BCUT2D eigenvalue weighted by atomic mass is 15.1. The maximum atomic E-state index is 4.80. The molecule has 3 aromatic rings. The molecule has 8 nitrogen and oxygen atoms in total. The zero-order valence-corrected chi connectivity index (χ0v) is 18.7. The fourth-order valence-corrected chi connectivity index (χ4v) is 4.60. The third-order valence-electron chi connectivity index (χ3n) is 6.27. The largest absolute Gasteiger partial charge is 0.209 e. The molecule has 0 spiro atoms. The first-order chi connectivity index (χ1) is 17.7. The number of hydrogen-bond acceptors (Lipinski definition) is 8. The number of aliphatic imine (C=N–C) groups is 8. The average molecular weight is 462 g/mol. The van der Waals surface area contributed by atoms with E-state index in [-0.39, 0.29) is 0 Å². The van der Waals surface area contributed by atoms with Gasteiger partial charge in [-0.3, -0.25) is 0 Å². The molecule has 0 amide bonds. The van der Waals surface area contributed by atoms with Gasteiger partial charge in [0.15, 0.2) is 46.7 Å². The fourth-order valence-electron chi connectivity index (χ4n) is 4.60. The summed E-state index contributed by atoms with van der Waals surface area (Å²) < 4.78 is 0. The van der Waals surface area contributed by atoms with E-state index in [2.05, 4.69) is 61.4 Å². The van der Waals surface area contributed by atoms with E-state index in [1.54, 1.807) is 12.2 Å². The lowest BCUT2D eigenvalue weighted by Gasteiger charge is -2.06. The first kappa shape index (κ1) is 19.1. The van der Waals surface area contributed by atoms with Crippen LogP contribution in [0.1, 0.15) is 11.1 Å². The maximum Gasteiger partial charge on any atom is 0.164 e. The number of rotatable bonds is 0. The van der Waals surface area contributed by atoms with Crippen molar-refractivity contribution in [3.63, 3.8) is 0 Å². The monoisotopic (exact) mass is 462 g/mol. The third kappa shape index (κ3) is 3.08. The van der Waals surface area contributed by atoms with Crippen molar-refractivity contribution in [2.45, 2.75) is 0 Å². The first-order valence-electron chi connectivity index (χ1n) is 11.4. The molecule has 8 rings (SSSR count). The van der Waals surface area contributed by atoms with Crippen LogP contribution in [0.5, 0.6) is 0 Å². The number of hydrogen-bond donors (Lipinski definition) is 0. The van der Waals surface area contributed by atoms with Crippen molar-refractivity contribution >= 4 is 68.2 Å². The molecule has 8 bridgehead atoms. The molecule has 8 heteroatoms. The molecular weight excluding hydrogens is 448 g/mol. The summed E-state index contributed by atoms with van der Waals surface area (Å²) in [6, 6.07) is 17.0. The van der Waals surface area contributed by atoms with Crippen LogP contribution in [0.25, 0.3) is 21.5 Å². The summed E-state index contributed by atoms with van der Waals surface area (Å²) in [6.07, 6.45) is 10.9. The molecule has 166 valence electrons. The second-order valence-corrected chi connectivity index (χ2v) is 8.64. The van der Waals surface area contributed by atoms with Crippen molar-refractivity contribution in [1.29, 1.82) is 0 Å². The molecule has 5 aliphatic rings. The van der Waals surface area contributed by atoms with E-state index >= 15 is 0 Å². The van der Waals surface area contributed by atoms with Gasteiger partial charge < -0.3 is 0 Å². The Morgan fingerprint density at radius 3 is 1.19 bits per heavy atom. The van der Waals surface area contributed by atoms with Gasteiger partial charge in [-0.25, -0.2) is 39.9 Å². The predicted octanol–water partition coefficient (Wildman–Crippen LogP) is 4.61. The van der Waals surface area contributed by atoms with Gasteiger partial charge in [0, 0.05) is 11.1 Å². The van der Waals surface area contributed by atoms with Crippen LogP contribution in [-0.4, -0.2) is 46.7 Å². The van der Waals surface area contributed by atoms with E-state index < -0.39 is 0 Å². The van der Waals surface area contributed by atoms with Crippen molar-refractivity contribution in [3.05, 3.63) is 96.1 Å². The van der Waals surface area contributed by atoms with E-state index in [0.29, 0.717) is 46.7 Å². The van der Waals surface area contributed by atoms with Crippen LogP contribution >= 0.6 is 0 Å². The molecule has 0 fully saturated rings. The molecule has 36 heavy (non-hydrogen) atoms. The van der Waals surface area contributed by atoms with E-state index in [0.717, 1.165) is 21.9 Å². The normalized spacial score (nSPS) is 19.0. The van der Waals surface area contributed by atoms with Gasteiger partial charge in [-0.15, -0.1) is 0 Å². The summed E-state index contributed by atoms with van der Waals surface area (Å²) in [7, 11) is 0. The molecule has 0 atom stereocenters. The Bertz CT molecular complexity index is 1920. The van der Waals surface area contributed by atoms with E-state index in [1.807, 2.05) is 36.4 Å². The second-order valence-electron chi connectivity index (χ2n) is 8.64. The Labute approximate surface area is 204 Å². The Morgan fingerprint density at radius 1 is 0.333 bits per heavy atom. The predicted molar refractivity (Wildman–Crippen MR) is 147 cm³/mol. The lowest BCUT2D eigenvalue weighted by atomic mass is 9.98. The molecule has 0 unspecified atom stereocenters. The van der Waals surface area contributed by atoms with Gasteiger partial charge in [0.1, 0.15) is 0 Å². The van der Waals surface area contributed by atoms with Crippen molar-refractivity contribution in [3.8, 4) is 0 Å². The van der Waals surface area contributed by atoms with Gasteiger partial charge >= 0.3 is 0 Å². The highest BCUT2D eigenvalue weighted by molar-refractivity contribution is 6.31. The van der Waals surface area contributed by atoms with Gasteiger partial charge in [-0.05, 0) is 82.3 Å². The summed E-state index contributed by atoms with van der Waals surface area (Å²) in [5, 5.41) is 4.59. The topological polar surface area (TPSA) is 98.9 Å². The van der Waals surface area contributed by atoms with Crippen LogP contribution in [0, 0.1) is 0 Å². The van der Waals surface area contributed by atoms with E-state index in [4.69, 9.17) is 15.0 Å². The van der Waals surface area contributed by atoms with E-state index in [1.165, 1.54) is 10.8 Å². The molecule has 0 N–H and O–H groups in total. The van der Waals surface area contributed by atoms with Gasteiger partial charge in [0.25, 0.3) is 0 Å². The number of nitrogens with zero attached hydrogens (tertiary/aromatic N) is 8. The second kappa shape index (κ2) is 7.13. The fraction of sp³-hybridized carbons (Fsp3) is 0. The zero-order chi connectivity index (χ0) is 23.6. The summed E-state index contributed by atoms with van der Waals surface area (Å²) in [4.78, 5) is 36.8. The minimum Gasteiger partial charge on any atom is -0.209 e. The summed E-state index contributed by atoms with van der Waals surface area (Å²) in [6.45, 7) is 0. The summed E-state index contributed by atoms with van der Waals surface area (Å²) >= 11 is 0. The van der Waals surface area contributed by atoms with Crippen molar-refractivity contribution < 1.29 is 0 Å². The zero-order valence-electron chi connectivity index (χ0n) is 18.7. The van der Waals surface area contributed by atoms with Crippen molar-refractivity contribution in [2.24, 2.45) is 39.9 Å². The highest BCUT2D eigenvalue weighted by Gasteiger charge is 2.24. The van der Waals surface area contributed by atoms with Crippen molar-refractivity contribution in [1.82, 2.24) is 0 Å². The number of amidine groups is 8. The Hall–Kier alpha value is -5.24. The molecular formula is C28H14N8.